The molecule has 0 unspecified atom stereocenters. The zero-order valence-corrected chi connectivity index (χ0v) is 40.1. The third-order valence-corrected chi connectivity index (χ3v) is 14.2. The Balaban J connectivity index is 0.991. The topological polar surface area (TPSA) is 140 Å². The number of hydrogen-bond donors (Lipinski definition) is 4. The Hall–Kier alpha value is -6.04. The highest BCUT2D eigenvalue weighted by molar-refractivity contribution is 9.10. The maximum Gasteiger partial charge on any atom is 0.139 e. The summed E-state index contributed by atoms with van der Waals surface area (Å²) in [6.45, 7) is 4.43. The summed E-state index contributed by atoms with van der Waals surface area (Å²) in [5.41, 5.74) is 7.73. The van der Waals surface area contributed by atoms with Gasteiger partial charge >= 0.3 is 0 Å². The van der Waals surface area contributed by atoms with Gasteiger partial charge in [0.15, 0.2) is 0 Å². The Morgan fingerprint density at radius 2 is 0.803 bits per heavy atom. The lowest BCUT2D eigenvalue weighted by Gasteiger charge is -2.36. The quantitative estimate of drug-likeness (QED) is 0.101. The van der Waals surface area contributed by atoms with E-state index in [9.17, 15) is 20.4 Å². The fourth-order valence-corrected chi connectivity index (χ4v) is 10.2. The van der Waals surface area contributed by atoms with Gasteiger partial charge in [-0.05, 0) is 97.5 Å². The largest absolute Gasteiger partial charge is 0.507 e. The molecule has 2 saturated carbocycles. The number of phenolic OH excluding ortho intramolecular Hbond substituents is 4. The molecule has 2 aliphatic carbocycles. The molecule has 1 heterocycles. The maximum atomic E-state index is 11.1. The number of aromatic hydroxyl groups is 4. The van der Waals surface area contributed by atoms with Gasteiger partial charge in [-0.15, -0.1) is 0 Å². The summed E-state index contributed by atoms with van der Waals surface area (Å²) >= 11 is 6.97. The molecular weight excluding hydrogens is 956 g/mol. The average molecular weight is 1010 g/mol. The molecule has 0 bridgehead atoms. The van der Waals surface area contributed by atoms with Crippen LogP contribution in [-0.4, -0.2) is 69.5 Å². The minimum atomic E-state index is -0.427. The van der Waals surface area contributed by atoms with Crippen LogP contribution in [0.3, 0.4) is 0 Å². The molecule has 1 aliphatic heterocycles. The predicted octanol–water partition coefficient (Wildman–Crippen LogP) is 13.5. The van der Waals surface area contributed by atoms with Gasteiger partial charge in [0.1, 0.15) is 34.5 Å². The van der Waals surface area contributed by atoms with Crippen LogP contribution in [0, 0.1) is 0 Å². The Bertz CT molecular complexity index is 2720. The lowest BCUT2D eigenvalue weighted by molar-refractivity contribution is 0.390. The Labute approximate surface area is 402 Å². The molecule has 3 aliphatic rings. The third-order valence-electron chi connectivity index (χ3n) is 13.2. The van der Waals surface area contributed by atoms with Crippen molar-refractivity contribution in [3.8, 4) is 56.8 Å². The van der Waals surface area contributed by atoms with Gasteiger partial charge in [-0.3, -0.25) is 20.0 Å². The molecule has 4 N–H and O–H groups in total. The number of ether oxygens (including phenoxy) is 1. The summed E-state index contributed by atoms with van der Waals surface area (Å²) in [5, 5.41) is 43.0. The van der Waals surface area contributed by atoms with Crippen LogP contribution < -0.4 is 4.74 Å². The van der Waals surface area contributed by atoms with E-state index in [1.54, 1.807) is 61.3 Å². The highest BCUT2D eigenvalue weighted by atomic mass is 79.9. The molecule has 6 aromatic rings. The van der Waals surface area contributed by atoms with Gasteiger partial charge in [0.05, 0.1) is 24.2 Å². The monoisotopic (exact) mass is 1010 g/mol. The van der Waals surface area contributed by atoms with Crippen molar-refractivity contribution in [1.29, 1.82) is 0 Å². The molecule has 0 aromatic heterocycles. The maximum absolute atomic E-state index is 11.1. The molecule has 11 heteroatoms. The van der Waals surface area contributed by atoms with Crippen LogP contribution in [0.25, 0.3) is 22.3 Å². The Morgan fingerprint density at radius 1 is 0.470 bits per heavy atom. The molecule has 9 nitrogen and oxygen atoms in total. The summed E-state index contributed by atoms with van der Waals surface area (Å²) in [5.74, 6) is 2.12. The van der Waals surface area contributed by atoms with Crippen molar-refractivity contribution >= 4 is 56.7 Å². The fraction of sp³-hybridized carbons (Fsp3) is 0.273. The molecule has 9 rings (SSSR count). The van der Waals surface area contributed by atoms with E-state index >= 15 is 0 Å². The summed E-state index contributed by atoms with van der Waals surface area (Å²) in [6.07, 6.45) is 14.8. The van der Waals surface area contributed by atoms with Crippen LogP contribution >= 0.6 is 31.9 Å². The minimum Gasteiger partial charge on any atom is -0.507 e. The first-order chi connectivity index (χ1) is 31.9. The number of aliphatic imine (C=N–C) groups is 4. The lowest BCUT2D eigenvalue weighted by atomic mass is 9.74. The molecule has 0 spiro atoms. The van der Waals surface area contributed by atoms with Gasteiger partial charge in [-0.1, -0.05) is 120 Å². The molecule has 0 amide bonds. The standard InChI is InChI=1S/C55H52Br2N4O5/c1-55(2)43-11-7-9-41(33-17-21-49(62)35(25-33)29-58-45-13-3-5-15-47(45)60-31-37-27-39(56)19-23-51(37)64)53(43)66-54-42(10-8-12-44(54)55)34-18-22-50(63)36(26-34)30-59-46-14-4-6-16-48(46)61-32-38-28-40(57)20-24-52(38)65/h7-12,17-32,45-48,62-65H,3-6,13-16H2,1-2H3/t45-,46-,47-,48-/m1/s1. The van der Waals surface area contributed by atoms with Gasteiger partial charge < -0.3 is 25.2 Å². The van der Waals surface area contributed by atoms with Crippen molar-refractivity contribution < 1.29 is 25.2 Å². The first-order valence-electron chi connectivity index (χ1n) is 22.6. The van der Waals surface area contributed by atoms with E-state index < -0.39 is 5.41 Å². The molecule has 4 atom stereocenters. The lowest BCUT2D eigenvalue weighted by Crippen LogP contribution is -2.27. The second-order valence-electron chi connectivity index (χ2n) is 18.0. The van der Waals surface area contributed by atoms with Gasteiger partial charge in [-0.25, -0.2) is 0 Å². The fourth-order valence-electron chi connectivity index (χ4n) is 9.47. The molecule has 2 fully saturated rings. The van der Waals surface area contributed by atoms with E-state index in [0.717, 1.165) is 105 Å². The second kappa shape index (κ2) is 19.4. The number of benzene rings is 6. The number of rotatable bonds is 10. The number of phenols is 4. The van der Waals surface area contributed by atoms with Crippen molar-refractivity contribution in [2.45, 2.75) is 94.8 Å². The summed E-state index contributed by atoms with van der Waals surface area (Å²) in [7, 11) is 0. The summed E-state index contributed by atoms with van der Waals surface area (Å²) < 4.78 is 8.80. The SMILES string of the molecule is CC1(C)c2cccc(-c3ccc(O)c(C=N[C@@H]4CCCC[C@H]4N=Cc4cc(Br)ccc4O)c3)c2Oc2c(-c3ccc(O)c(C=N[C@@H]4CCCC[C@H]4N=Cc4cc(Br)ccc4O)c3)cccc21. The van der Waals surface area contributed by atoms with E-state index in [4.69, 9.17) is 24.7 Å². The second-order valence-corrected chi connectivity index (χ2v) is 19.8. The molecule has 6 aromatic carbocycles. The zero-order valence-electron chi connectivity index (χ0n) is 36.9. The van der Waals surface area contributed by atoms with Gasteiger partial charge in [0, 0.05) is 83.7 Å². The van der Waals surface area contributed by atoms with Crippen LogP contribution in [0.1, 0.15) is 98.6 Å². The van der Waals surface area contributed by atoms with E-state index in [1.165, 1.54) is 0 Å². The Morgan fingerprint density at radius 3 is 1.17 bits per heavy atom. The van der Waals surface area contributed by atoms with Crippen molar-refractivity contribution in [3.05, 3.63) is 152 Å². The normalized spacial score (nSPS) is 20.5. The summed E-state index contributed by atoms with van der Waals surface area (Å²) in [4.78, 5) is 19.8. The van der Waals surface area contributed by atoms with Gasteiger partial charge in [0.2, 0.25) is 0 Å². The predicted molar refractivity (Wildman–Crippen MR) is 273 cm³/mol. The molecule has 66 heavy (non-hydrogen) atoms. The molecule has 0 radical (unpaired) electrons. The summed E-state index contributed by atoms with van der Waals surface area (Å²) in [6, 6.07) is 34.0. The first-order valence-corrected chi connectivity index (χ1v) is 24.2. The van der Waals surface area contributed by atoms with E-state index in [0.29, 0.717) is 22.3 Å². The highest BCUT2D eigenvalue weighted by Gasteiger charge is 2.37. The van der Waals surface area contributed by atoms with Gasteiger partial charge in [0.25, 0.3) is 0 Å². The van der Waals surface area contributed by atoms with Crippen LogP contribution in [0.5, 0.6) is 34.5 Å². The average Bonchev–Trinajstić information content (AvgIpc) is 3.32. The molecular formula is C55H52Br2N4O5. The number of halogens is 2. The molecule has 336 valence electrons. The highest BCUT2D eigenvalue weighted by Crippen LogP contribution is 2.54. The molecule has 0 saturated heterocycles. The first kappa shape index (κ1) is 45.1. The van der Waals surface area contributed by atoms with E-state index in [-0.39, 0.29) is 47.2 Å². The van der Waals surface area contributed by atoms with Gasteiger partial charge in [-0.2, -0.15) is 0 Å². The van der Waals surface area contributed by atoms with E-state index in [2.05, 4.69) is 82.1 Å². The van der Waals surface area contributed by atoms with Crippen molar-refractivity contribution in [2.75, 3.05) is 0 Å². The number of nitrogens with zero attached hydrogens (tertiary/aromatic N) is 4. The van der Waals surface area contributed by atoms with Crippen molar-refractivity contribution in [1.82, 2.24) is 0 Å². The number of para-hydroxylation sites is 2. The van der Waals surface area contributed by atoms with Crippen LogP contribution in [-0.2, 0) is 5.41 Å². The Kier molecular flexibility index (Phi) is 13.3. The van der Waals surface area contributed by atoms with E-state index in [1.807, 2.05) is 36.4 Å². The number of hydrogen-bond acceptors (Lipinski definition) is 9. The van der Waals surface area contributed by atoms with Crippen LogP contribution in [0.4, 0.5) is 0 Å². The van der Waals surface area contributed by atoms with Crippen LogP contribution in [0.15, 0.2) is 138 Å². The van der Waals surface area contributed by atoms with Crippen molar-refractivity contribution in [2.24, 2.45) is 20.0 Å². The third kappa shape index (κ3) is 9.60. The minimum absolute atomic E-state index is 0.0454. The van der Waals surface area contributed by atoms with Crippen LogP contribution in [0.2, 0.25) is 0 Å². The van der Waals surface area contributed by atoms with Crippen molar-refractivity contribution in [3.63, 3.8) is 0 Å². The smallest absolute Gasteiger partial charge is 0.139 e. The zero-order chi connectivity index (χ0) is 46.0. The number of fused-ring (bicyclic) bond motifs is 2.